The van der Waals surface area contributed by atoms with Gasteiger partial charge in [-0.2, -0.15) is 4.98 Å². The second-order valence-electron chi connectivity index (χ2n) is 6.57. The van der Waals surface area contributed by atoms with Gasteiger partial charge in [-0.25, -0.2) is 4.48 Å². The number of benzene rings is 2. The highest BCUT2D eigenvalue weighted by Crippen LogP contribution is 2.38. The predicted molar refractivity (Wildman–Crippen MR) is 105 cm³/mol. The van der Waals surface area contributed by atoms with E-state index in [-0.39, 0.29) is 24.0 Å². The van der Waals surface area contributed by atoms with Crippen molar-refractivity contribution >= 4 is 22.4 Å². The van der Waals surface area contributed by atoms with E-state index >= 15 is 0 Å². The van der Waals surface area contributed by atoms with Crippen molar-refractivity contribution in [3.05, 3.63) is 85.2 Å². The lowest BCUT2D eigenvalue weighted by Gasteiger charge is -2.29. The van der Waals surface area contributed by atoms with Crippen LogP contribution in [0.1, 0.15) is 0 Å². The van der Waals surface area contributed by atoms with E-state index in [1.807, 2.05) is 18.3 Å². The number of rotatable bonds is 3. The fraction of sp³-hybridized carbons (Fsp3) is 0.0909. The number of fused-ring (bicyclic) bond motifs is 1. The molecule has 0 atom stereocenters. The SMILES string of the molecule is C[N+](C)(c1ccc2ccncc2n1)c1ccccc1-c1ccccc1.[I-]. The fourth-order valence-electron chi connectivity index (χ4n) is 3.21. The van der Waals surface area contributed by atoms with Gasteiger partial charge < -0.3 is 24.0 Å². The maximum Gasteiger partial charge on any atom is 0.232 e. The first-order valence-corrected chi connectivity index (χ1v) is 8.36. The first-order chi connectivity index (χ1) is 12.2. The van der Waals surface area contributed by atoms with E-state index in [9.17, 15) is 0 Å². The third-order valence-corrected chi connectivity index (χ3v) is 4.64. The Morgan fingerprint density at radius 2 is 1.50 bits per heavy atom. The summed E-state index contributed by atoms with van der Waals surface area (Å²) in [5.74, 6) is 0.990. The topological polar surface area (TPSA) is 25.8 Å². The number of aromatic nitrogens is 2. The van der Waals surface area contributed by atoms with Crippen LogP contribution in [0.4, 0.5) is 11.5 Å². The van der Waals surface area contributed by atoms with Crippen LogP contribution in [0, 0.1) is 0 Å². The highest BCUT2D eigenvalue weighted by Gasteiger charge is 2.27. The van der Waals surface area contributed by atoms with Crippen molar-refractivity contribution < 1.29 is 24.0 Å². The van der Waals surface area contributed by atoms with Crippen LogP contribution in [0.15, 0.2) is 85.2 Å². The van der Waals surface area contributed by atoms with Gasteiger partial charge in [0, 0.05) is 29.3 Å². The van der Waals surface area contributed by atoms with Gasteiger partial charge in [-0.15, -0.1) is 0 Å². The average Bonchev–Trinajstić information content (AvgIpc) is 2.68. The zero-order valence-corrected chi connectivity index (χ0v) is 17.0. The van der Waals surface area contributed by atoms with Crippen LogP contribution in [0.5, 0.6) is 0 Å². The molecule has 0 aliphatic heterocycles. The molecule has 0 N–H and O–H groups in total. The van der Waals surface area contributed by atoms with Gasteiger partial charge >= 0.3 is 0 Å². The van der Waals surface area contributed by atoms with Gasteiger partial charge in [0.1, 0.15) is 5.69 Å². The molecule has 0 aliphatic carbocycles. The lowest BCUT2D eigenvalue weighted by atomic mass is 10.0. The molecule has 0 aliphatic rings. The summed E-state index contributed by atoms with van der Waals surface area (Å²) in [4.78, 5) is 9.07. The molecule has 0 fully saturated rings. The summed E-state index contributed by atoms with van der Waals surface area (Å²) in [5, 5.41) is 1.11. The number of hydrogen-bond acceptors (Lipinski definition) is 2. The Bertz CT molecular complexity index is 1030. The normalized spacial score (nSPS) is 11.2. The molecule has 0 amide bonds. The van der Waals surface area contributed by atoms with Crippen molar-refractivity contribution in [1.29, 1.82) is 0 Å². The summed E-state index contributed by atoms with van der Waals surface area (Å²) in [7, 11) is 4.35. The second-order valence-corrected chi connectivity index (χ2v) is 6.57. The maximum absolute atomic E-state index is 4.87. The molecule has 0 unspecified atom stereocenters. The van der Waals surface area contributed by atoms with Crippen molar-refractivity contribution in [3.8, 4) is 11.1 Å². The van der Waals surface area contributed by atoms with Crippen molar-refractivity contribution in [2.24, 2.45) is 0 Å². The van der Waals surface area contributed by atoms with Crippen LogP contribution in [-0.2, 0) is 0 Å². The Kier molecular flexibility index (Phi) is 5.34. The van der Waals surface area contributed by atoms with Gasteiger partial charge in [0.2, 0.25) is 5.82 Å². The van der Waals surface area contributed by atoms with E-state index in [1.165, 1.54) is 16.8 Å². The summed E-state index contributed by atoms with van der Waals surface area (Å²) in [5.41, 5.74) is 4.57. The predicted octanol–water partition coefficient (Wildman–Crippen LogP) is 2.20. The molecule has 4 aromatic rings. The Balaban J connectivity index is 0.00000196. The molecule has 130 valence electrons. The highest BCUT2D eigenvalue weighted by molar-refractivity contribution is 5.82. The van der Waals surface area contributed by atoms with Crippen LogP contribution >= 0.6 is 0 Å². The number of pyridine rings is 2. The Morgan fingerprint density at radius 3 is 2.31 bits per heavy atom. The first-order valence-electron chi connectivity index (χ1n) is 8.36. The van der Waals surface area contributed by atoms with E-state index in [0.717, 1.165) is 16.7 Å². The van der Waals surface area contributed by atoms with Crippen molar-refractivity contribution in [1.82, 2.24) is 14.5 Å². The van der Waals surface area contributed by atoms with E-state index in [4.69, 9.17) is 4.98 Å². The molecular formula is C22H20IN3. The van der Waals surface area contributed by atoms with Crippen LogP contribution in [0.2, 0.25) is 0 Å². The Morgan fingerprint density at radius 1 is 0.769 bits per heavy atom. The fourth-order valence-corrected chi connectivity index (χ4v) is 3.21. The maximum atomic E-state index is 4.87. The molecule has 0 saturated heterocycles. The molecule has 26 heavy (non-hydrogen) atoms. The van der Waals surface area contributed by atoms with Gasteiger partial charge in [-0.05, 0) is 23.8 Å². The molecular weight excluding hydrogens is 433 g/mol. The van der Waals surface area contributed by atoms with E-state index < -0.39 is 0 Å². The van der Waals surface area contributed by atoms with E-state index in [0.29, 0.717) is 4.48 Å². The average molecular weight is 453 g/mol. The summed E-state index contributed by atoms with van der Waals surface area (Å²) in [6.45, 7) is 0. The Hall–Kier alpha value is -2.31. The molecule has 3 nitrogen and oxygen atoms in total. The smallest absolute Gasteiger partial charge is 0.232 e. The largest absolute Gasteiger partial charge is 1.00 e. The molecule has 4 heteroatoms. The molecule has 2 aromatic carbocycles. The van der Waals surface area contributed by atoms with Gasteiger partial charge in [0.15, 0.2) is 0 Å². The zero-order valence-electron chi connectivity index (χ0n) is 14.8. The standard InChI is InChI=1S/C22H20N3.HI/c1-25(2,22-13-12-18-14-15-23-16-20(18)24-22)21-11-7-6-10-19(21)17-8-4-3-5-9-17;/h3-16H,1-2H3;1H/q+1;/p-1. The molecule has 4 rings (SSSR count). The van der Waals surface area contributed by atoms with Gasteiger partial charge in [0.05, 0.1) is 25.8 Å². The summed E-state index contributed by atoms with van der Waals surface area (Å²) in [6.07, 6.45) is 3.62. The third kappa shape index (κ3) is 3.34. The van der Waals surface area contributed by atoms with Gasteiger partial charge in [-0.1, -0.05) is 42.5 Å². The molecule has 0 radical (unpaired) electrons. The zero-order chi connectivity index (χ0) is 17.3. The number of halogens is 1. The molecule has 2 heterocycles. The molecule has 2 aromatic heterocycles. The van der Waals surface area contributed by atoms with E-state index in [1.54, 1.807) is 6.20 Å². The number of quaternary nitrogens is 1. The quantitative estimate of drug-likeness (QED) is 0.351. The molecule has 0 spiro atoms. The number of hydrogen-bond donors (Lipinski definition) is 0. The van der Waals surface area contributed by atoms with Crippen molar-refractivity contribution in [2.75, 3.05) is 14.1 Å². The van der Waals surface area contributed by atoms with Crippen LogP contribution < -0.4 is 28.5 Å². The monoisotopic (exact) mass is 453 g/mol. The van der Waals surface area contributed by atoms with Crippen LogP contribution in [-0.4, -0.2) is 24.1 Å². The minimum atomic E-state index is 0. The van der Waals surface area contributed by atoms with Crippen LogP contribution in [0.25, 0.3) is 22.0 Å². The lowest BCUT2D eigenvalue weighted by molar-refractivity contribution is -0.00000507. The third-order valence-electron chi connectivity index (χ3n) is 4.64. The minimum Gasteiger partial charge on any atom is -1.00 e. The van der Waals surface area contributed by atoms with E-state index in [2.05, 4.69) is 79.7 Å². The lowest BCUT2D eigenvalue weighted by Crippen LogP contribution is -3.00. The number of para-hydroxylation sites is 1. The highest BCUT2D eigenvalue weighted by atomic mass is 127. The summed E-state index contributed by atoms with van der Waals surface area (Å²) in [6, 6.07) is 25.2. The van der Waals surface area contributed by atoms with Gasteiger partial charge in [0.25, 0.3) is 0 Å². The summed E-state index contributed by atoms with van der Waals surface area (Å²) >= 11 is 0. The molecule has 0 bridgehead atoms. The summed E-state index contributed by atoms with van der Waals surface area (Å²) < 4.78 is 0.565. The Labute approximate surface area is 171 Å². The van der Waals surface area contributed by atoms with Gasteiger partial charge in [-0.3, -0.25) is 4.98 Å². The molecule has 0 saturated carbocycles. The number of nitrogens with zero attached hydrogens (tertiary/aromatic N) is 3. The van der Waals surface area contributed by atoms with Crippen molar-refractivity contribution in [2.45, 2.75) is 0 Å². The van der Waals surface area contributed by atoms with Crippen LogP contribution in [0.3, 0.4) is 0 Å². The van der Waals surface area contributed by atoms with Crippen molar-refractivity contribution in [3.63, 3.8) is 0 Å². The minimum absolute atomic E-state index is 0. The second kappa shape index (κ2) is 7.51. The first kappa shape index (κ1) is 18.5.